The summed E-state index contributed by atoms with van der Waals surface area (Å²) in [7, 11) is -1.97. The molecule has 0 N–H and O–H groups in total. The van der Waals surface area contributed by atoms with Gasteiger partial charge < -0.3 is 14.4 Å². The normalized spacial score (nSPS) is 14.0. The van der Waals surface area contributed by atoms with Gasteiger partial charge >= 0.3 is 0 Å². The molecule has 0 aromatic heterocycles. The summed E-state index contributed by atoms with van der Waals surface area (Å²) in [6.07, 6.45) is 0. The average molecular weight is 327 g/mol. The summed E-state index contributed by atoms with van der Waals surface area (Å²) in [5.41, 5.74) is 0.525. The topological polar surface area (TPSA) is 72.9 Å². The zero-order valence-electron chi connectivity index (χ0n) is 13.0. The Balaban J connectivity index is 2.14. The van der Waals surface area contributed by atoms with Crippen molar-refractivity contribution in [2.24, 2.45) is 0 Å². The Morgan fingerprint density at radius 2 is 1.95 bits per heavy atom. The van der Waals surface area contributed by atoms with Gasteiger partial charge in [0, 0.05) is 18.7 Å². The summed E-state index contributed by atoms with van der Waals surface area (Å²) in [6, 6.07) is 5.11. The van der Waals surface area contributed by atoms with Crippen LogP contribution < -0.4 is 9.47 Å². The van der Waals surface area contributed by atoms with E-state index in [1.165, 1.54) is 4.90 Å². The predicted octanol–water partition coefficient (Wildman–Crippen LogP) is 1.24. The molecule has 1 heterocycles. The lowest BCUT2D eigenvalue weighted by molar-refractivity contribution is -0.128. The maximum absolute atomic E-state index is 12.3. The minimum atomic E-state index is -3.57. The molecule has 6 nitrogen and oxygen atoms in total. The third kappa shape index (κ3) is 3.91. The SMILES string of the molecule is CC(C)N(C)C(=O)CS(=O)(=O)Cc1cccc2c1OCCO2. The van der Waals surface area contributed by atoms with Gasteiger partial charge in [0.05, 0.1) is 5.75 Å². The number of para-hydroxylation sites is 1. The van der Waals surface area contributed by atoms with Gasteiger partial charge in [-0.2, -0.15) is 0 Å². The maximum Gasteiger partial charge on any atom is 0.237 e. The number of sulfone groups is 1. The van der Waals surface area contributed by atoms with E-state index in [0.717, 1.165) is 0 Å². The summed E-state index contributed by atoms with van der Waals surface area (Å²) in [5.74, 6) is -0.146. The Morgan fingerprint density at radius 3 is 2.64 bits per heavy atom. The Kier molecular flexibility index (Phi) is 4.95. The van der Waals surface area contributed by atoms with Crippen LogP contribution in [0.4, 0.5) is 0 Å². The van der Waals surface area contributed by atoms with E-state index in [4.69, 9.17) is 9.47 Å². The fraction of sp³-hybridized carbons (Fsp3) is 0.533. The highest BCUT2D eigenvalue weighted by atomic mass is 32.2. The van der Waals surface area contributed by atoms with E-state index < -0.39 is 21.5 Å². The minimum absolute atomic E-state index is 0.0380. The number of hydrogen-bond donors (Lipinski definition) is 0. The lowest BCUT2D eigenvalue weighted by Gasteiger charge is -2.22. The summed E-state index contributed by atoms with van der Waals surface area (Å²) in [6.45, 7) is 4.51. The van der Waals surface area contributed by atoms with Gasteiger partial charge in [-0.1, -0.05) is 12.1 Å². The van der Waals surface area contributed by atoms with Gasteiger partial charge in [0.1, 0.15) is 19.0 Å². The third-order valence-corrected chi connectivity index (χ3v) is 4.97. The highest BCUT2D eigenvalue weighted by Gasteiger charge is 2.24. The molecule has 0 fully saturated rings. The minimum Gasteiger partial charge on any atom is -0.486 e. The van der Waals surface area contributed by atoms with Crippen LogP contribution in [0.3, 0.4) is 0 Å². The van der Waals surface area contributed by atoms with Crippen LogP contribution in [0.2, 0.25) is 0 Å². The van der Waals surface area contributed by atoms with Crippen molar-refractivity contribution in [1.29, 1.82) is 0 Å². The Hall–Kier alpha value is -1.76. The number of amides is 1. The van der Waals surface area contributed by atoms with Crippen molar-refractivity contribution in [3.63, 3.8) is 0 Å². The fourth-order valence-electron chi connectivity index (χ4n) is 2.11. The van der Waals surface area contributed by atoms with Crippen molar-refractivity contribution in [3.8, 4) is 11.5 Å². The molecule has 1 aromatic rings. The van der Waals surface area contributed by atoms with Crippen LogP contribution in [0, 0.1) is 0 Å². The summed E-state index contributed by atoms with van der Waals surface area (Å²) >= 11 is 0. The van der Waals surface area contributed by atoms with E-state index in [1.807, 2.05) is 13.8 Å². The summed E-state index contributed by atoms with van der Waals surface area (Å²) < 4.78 is 35.5. The number of ether oxygens (including phenoxy) is 2. The van der Waals surface area contributed by atoms with E-state index >= 15 is 0 Å². The van der Waals surface area contributed by atoms with Crippen LogP contribution >= 0.6 is 0 Å². The first-order valence-corrected chi connectivity index (χ1v) is 8.96. The van der Waals surface area contributed by atoms with Crippen LogP contribution in [0.15, 0.2) is 18.2 Å². The maximum atomic E-state index is 12.3. The Morgan fingerprint density at radius 1 is 1.27 bits per heavy atom. The first-order valence-electron chi connectivity index (χ1n) is 7.14. The zero-order valence-corrected chi connectivity index (χ0v) is 13.9. The van der Waals surface area contributed by atoms with Gasteiger partial charge in [-0.05, 0) is 19.9 Å². The molecule has 0 spiro atoms. The smallest absolute Gasteiger partial charge is 0.237 e. The summed E-state index contributed by atoms with van der Waals surface area (Å²) in [4.78, 5) is 13.4. The number of rotatable bonds is 5. The molecule has 0 bridgehead atoms. The molecule has 0 aliphatic carbocycles. The largest absolute Gasteiger partial charge is 0.486 e. The van der Waals surface area contributed by atoms with E-state index in [9.17, 15) is 13.2 Å². The number of hydrogen-bond acceptors (Lipinski definition) is 5. The zero-order chi connectivity index (χ0) is 16.3. The van der Waals surface area contributed by atoms with Gasteiger partial charge in [0.15, 0.2) is 21.3 Å². The van der Waals surface area contributed by atoms with Gasteiger partial charge in [-0.3, -0.25) is 4.79 Å². The Bertz CT molecular complexity index is 654. The molecule has 1 aliphatic rings. The molecule has 0 radical (unpaired) electrons. The lowest BCUT2D eigenvalue weighted by Crippen LogP contribution is -2.37. The number of carbonyl (C=O) groups excluding carboxylic acids is 1. The highest BCUT2D eigenvalue weighted by molar-refractivity contribution is 7.91. The van der Waals surface area contributed by atoms with E-state index in [1.54, 1.807) is 25.2 Å². The first-order chi connectivity index (χ1) is 10.3. The van der Waals surface area contributed by atoms with Crippen molar-refractivity contribution in [2.45, 2.75) is 25.6 Å². The number of carbonyl (C=O) groups is 1. The number of benzene rings is 1. The van der Waals surface area contributed by atoms with Crippen molar-refractivity contribution in [1.82, 2.24) is 4.90 Å². The molecule has 7 heteroatoms. The van der Waals surface area contributed by atoms with E-state index in [-0.39, 0.29) is 11.8 Å². The fourth-order valence-corrected chi connectivity index (χ4v) is 3.50. The second kappa shape index (κ2) is 6.56. The molecule has 1 amide bonds. The van der Waals surface area contributed by atoms with Gasteiger partial charge in [0.2, 0.25) is 5.91 Å². The Labute approximate surface area is 130 Å². The summed E-state index contributed by atoms with van der Waals surface area (Å²) in [5, 5.41) is 0. The average Bonchev–Trinajstić information content (AvgIpc) is 2.45. The first kappa shape index (κ1) is 16.6. The molecular formula is C15H21NO5S. The molecule has 2 rings (SSSR count). The second-order valence-corrected chi connectivity index (χ2v) is 7.64. The molecule has 22 heavy (non-hydrogen) atoms. The molecule has 122 valence electrons. The molecule has 1 aromatic carbocycles. The van der Waals surface area contributed by atoms with Crippen LogP contribution in [-0.2, 0) is 20.4 Å². The van der Waals surface area contributed by atoms with Crippen LogP contribution in [0.25, 0.3) is 0 Å². The van der Waals surface area contributed by atoms with Crippen molar-refractivity contribution in [3.05, 3.63) is 23.8 Å². The van der Waals surface area contributed by atoms with E-state index in [2.05, 4.69) is 0 Å². The lowest BCUT2D eigenvalue weighted by atomic mass is 10.2. The standard InChI is InChI=1S/C15H21NO5S/c1-11(2)16(3)14(17)10-22(18,19)9-12-5-4-6-13-15(12)21-8-7-20-13/h4-6,11H,7-10H2,1-3H3. The van der Waals surface area contributed by atoms with Gasteiger partial charge in [-0.25, -0.2) is 8.42 Å². The van der Waals surface area contributed by atoms with Crippen molar-refractivity contribution in [2.75, 3.05) is 26.0 Å². The molecule has 0 saturated heterocycles. The van der Waals surface area contributed by atoms with Crippen molar-refractivity contribution >= 4 is 15.7 Å². The predicted molar refractivity (Wildman–Crippen MR) is 82.8 cm³/mol. The molecule has 0 saturated carbocycles. The van der Waals surface area contributed by atoms with Gasteiger partial charge in [-0.15, -0.1) is 0 Å². The molecule has 0 unspecified atom stereocenters. The van der Waals surface area contributed by atoms with E-state index in [0.29, 0.717) is 30.3 Å². The quantitative estimate of drug-likeness (QED) is 0.813. The monoisotopic (exact) mass is 327 g/mol. The molecular weight excluding hydrogens is 306 g/mol. The number of nitrogens with zero attached hydrogens (tertiary/aromatic N) is 1. The van der Waals surface area contributed by atoms with Crippen molar-refractivity contribution < 1.29 is 22.7 Å². The second-order valence-electron chi connectivity index (χ2n) is 5.57. The van der Waals surface area contributed by atoms with Crippen LogP contribution in [0.1, 0.15) is 19.4 Å². The highest BCUT2D eigenvalue weighted by Crippen LogP contribution is 2.34. The molecule has 1 aliphatic heterocycles. The molecule has 0 atom stereocenters. The van der Waals surface area contributed by atoms with Gasteiger partial charge in [0.25, 0.3) is 0 Å². The number of fused-ring (bicyclic) bond motifs is 1. The van der Waals surface area contributed by atoms with Crippen LogP contribution in [-0.4, -0.2) is 51.3 Å². The third-order valence-electron chi connectivity index (χ3n) is 3.53. The van der Waals surface area contributed by atoms with Crippen LogP contribution in [0.5, 0.6) is 11.5 Å².